The van der Waals surface area contributed by atoms with E-state index < -0.39 is 0 Å². The van der Waals surface area contributed by atoms with Gasteiger partial charge in [-0.3, -0.25) is 14.3 Å². The Labute approximate surface area is 140 Å². The van der Waals surface area contributed by atoms with E-state index in [4.69, 9.17) is 4.74 Å². The van der Waals surface area contributed by atoms with Gasteiger partial charge in [-0.05, 0) is 38.0 Å². The molecule has 7 nitrogen and oxygen atoms in total. The van der Waals surface area contributed by atoms with Crippen molar-refractivity contribution in [2.75, 3.05) is 19.7 Å². The topological polar surface area (TPSA) is 80.2 Å². The minimum atomic E-state index is -0.328. The van der Waals surface area contributed by atoms with Crippen molar-refractivity contribution in [1.82, 2.24) is 19.7 Å². The number of rotatable bonds is 3. The first-order valence-electron chi connectivity index (χ1n) is 8.13. The average molecular weight is 330 g/mol. The molecule has 2 aromatic rings. The van der Waals surface area contributed by atoms with Crippen LogP contribution >= 0.6 is 0 Å². The van der Waals surface area contributed by atoms with Gasteiger partial charge in [0.05, 0.1) is 12.6 Å². The molecule has 1 saturated heterocycles. The molecular weight excluding hydrogens is 308 g/mol. The number of pyridine rings is 1. The Morgan fingerprint density at radius 1 is 1.46 bits per heavy atom. The number of hydrogen-bond donors (Lipinski definition) is 1. The lowest BCUT2D eigenvalue weighted by Gasteiger charge is -2.24. The van der Waals surface area contributed by atoms with Crippen molar-refractivity contribution < 1.29 is 9.53 Å². The molecule has 0 aliphatic carbocycles. The predicted octanol–water partition coefficient (Wildman–Crippen LogP) is 1.12. The van der Waals surface area contributed by atoms with Crippen LogP contribution in [0, 0.1) is 13.8 Å². The number of ether oxygens (including phenoxy) is 1. The maximum absolute atomic E-state index is 12.9. The van der Waals surface area contributed by atoms with Gasteiger partial charge in [0.1, 0.15) is 5.56 Å². The second-order valence-corrected chi connectivity index (χ2v) is 6.17. The molecule has 1 aliphatic rings. The summed E-state index contributed by atoms with van der Waals surface area (Å²) in [5.74, 6) is -0.232. The molecule has 3 heterocycles. The molecule has 2 aromatic heterocycles. The van der Waals surface area contributed by atoms with Gasteiger partial charge in [-0.2, -0.15) is 5.10 Å². The molecule has 1 atom stereocenters. The highest BCUT2D eigenvalue weighted by atomic mass is 16.5. The number of nitrogens with zero attached hydrogens (tertiary/aromatic N) is 3. The van der Waals surface area contributed by atoms with Gasteiger partial charge in [0.2, 0.25) is 0 Å². The highest BCUT2D eigenvalue weighted by Crippen LogP contribution is 2.13. The zero-order valence-corrected chi connectivity index (χ0v) is 14.0. The van der Waals surface area contributed by atoms with Crippen LogP contribution in [0.15, 0.2) is 29.3 Å². The van der Waals surface area contributed by atoms with Crippen LogP contribution in [0.4, 0.5) is 0 Å². The van der Waals surface area contributed by atoms with E-state index in [-0.39, 0.29) is 23.1 Å². The summed E-state index contributed by atoms with van der Waals surface area (Å²) in [6.07, 6.45) is 4.20. The molecular formula is C17H22N4O3. The van der Waals surface area contributed by atoms with Crippen LogP contribution in [0.2, 0.25) is 0 Å². The van der Waals surface area contributed by atoms with E-state index in [1.165, 1.54) is 0 Å². The van der Waals surface area contributed by atoms with E-state index in [0.717, 1.165) is 12.1 Å². The van der Waals surface area contributed by atoms with Crippen molar-refractivity contribution in [3.63, 3.8) is 0 Å². The predicted molar refractivity (Wildman–Crippen MR) is 89.0 cm³/mol. The fourth-order valence-corrected chi connectivity index (χ4v) is 3.08. The van der Waals surface area contributed by atoms with Crippen LogP contribution in [0.1, 0.15) is 28.0 Å². The zero-order valence-electron chi connectivity index (χ0n) is 14.0. The van der Waals surface area contributed by atoms with Gasteiger partial charge in [0, 0.05) is 37.8 Å². The standard InChI is InChI=1S/C17H22N4O3/c1-12-9-13(2)19-16(22)15(12)17(23)20-6-4-8-24-14(10-20)11-21-7-3-5-18-21/h3,5,7,9,14H,4,6,8,10-11H2,1-2H3,(H,19,22). The summed E-state index contributed by atoms with van der Waals surface area (Å²) in [4.78, 5) is 29.5. The van der Waals surface area contributed by atoms with Crippen LogP contribution < -0.4 is 5.56 Å². The molecule has 1 amide bonds. The average Bonchev–Trinajstić information content (AvgIpc) is 2.90. The molecule has 1 aliphatic heterocycles. The number of aryl methyl sites for hydroxylation is 2. The molecule has 3 rings (SSSR count). The molecule has 7 heteroatoms. The molecule has 0 saturated carbocycles. The number of amides is 1. The second kappa shape index (κ2) is 7.00. The second-order valence-electron chi connectivity index (χ2n) is 6.17. The van der Waals surface area contributed by atoms with E-state index in [0.29, 0.717) is 31.8 Å². The lowest BCUT2D eigenvalue weighted by molar-refractivity contribution is 0.0366. The van der Waals surface area contributed by atoms with Gasteiger partial charge in [-0.15, -0.1) is 0 Å². The van der Waals surface area contributed by atoms with Gasteiger partial charge in [0.15, 0.2) is 0 Å². The minimum Gasteiger partial charge on any atom is -0.374 e. The Morgan fingerprint density at radius 2 is 2.29 bits per heavy atom. The Kier molecular flexibility index (Phi) is 4.80. The Balaban J connectivity index is 1.79. The fourth-order valence-electron chi connectivity index (χ4n) is 3.08. The number of carbonyl (C=O) groups is 1. The van der Waals surface area contributed by atoms with Gasteiger partial charge in [0.25, 0.3) is 11.5 Å². The minimum absolute atomic E-state index is 0.138. The normalized spacial score (nSPS) is 18.4. The number of H-pyrrole nitrogens is 1. The molecule has 0 bridgehead atoms. The first kappa shape index (κ1) is 16.4. The number of carbonyl (C=O) groups excluding carboxylic acids is 1. The molecule has 1 fully saturated rings. The monoisotopic (exact) mass is 330 g/mol. The van der Waals surface area contributed by atoms with Crippen molar-refractivity contribution in [1.29, 1.82) is 0 Å². The third-order valence-corrected chi connectivity index (χ3v) is 4.17. The maximum atomic E-state index is 12.9. The van der Waals surface area contributed by atoms with Crippen LogP contribution in [0.5, 0.6) is 0 Å². The number of aromatic nitrogens is 3. The van der Waals surface area contributed by atoms with Crippen molar-refractivity contribution >= 4 is 5.91 Å². The highest BCUT2D eigenvalue weighted by molar-refractivity contribution is 5.95. The SMILES string of the molecule is Cc1cc(C)c(C(=O)N2CCCOC(Cn3cccn3)C2)c(=O)[nH]1. The summed E-state index contributed by atoms with van der Waals surface area (Å²) in [5.41, 5.74) is 1.35. The fraction of sp³-hybridized carbons (Fsp3) is 0.471. The maximum Gasteiger partial charge on any atom is 0.261 e. The van der Waals surface area contributed by atoms with Crippen LogP contribution in [0.25, 0.3) is 0 Å². The van der Waals surface area contributed by atoms with Crippen molar-refractivity contribution in [3.05, 3.63) is 51.7 Å². The van der Waals surface area contributed by atoms with Crippen LogP contribution in [-0.4, -0.2) is 51.4 Å². The molecule has 0 aromatic carbocycles. The third-order valence-electron chi connectivity index (χ3n) is 4.17. The van der Waals surface area contributed by atoms with Gasteiger partial charge < -0.3 is 14.6 Å². The van der Waals surface area contributed by atoms with Crippen LogP contribution in [-0.2, 0) is 11.3 Å². The highest BCUT2D eigenvalue weighted by Gasteiger charge is 2.26. The van der Waals surface area contributed by atoms with E-state index in [1.807, 2.05) is 25.3 Å². The number of hydrogen-bond acceptors (Lipinski definition) is 4. The van der Waals surface area contributed by atoms with E-state index in [1.54, 1.807) is 22.7 Å². The largest absolute Gasteiger partial charge is 0.374 e. The van der Waals surface area contributed by atoms with E-state index >= 15 is 0 Å². The Hall–Kier alpha value is -2.41. The van der Waals surface area contributed by atoms with Crippen molar-refractivity contribution in [2.45, 2.75) is 32.9 Å². The summed E-state index contributed by atoms with van der Waals surface area (Å²) in [5, 5.41) is 4.19. The van der Waals surface area contributed by atoms with Gasteiger partial charge in [-0.25, -0.2) is 0 Å². The summed E-state index contributed by atoms with van der Waals surface area (Å²) >= 11 is 0. The van der Waals surface area contributed by atoms with Crippen LogP contribution in [0.3, 0.4) is 0 Å². The summed E-state index contributed by atoms with van der Waals surface area (Å²) in [6.45, 7) is 5.82. The Bertz CT molecular complexity index is 767. The Morgan fingerprint density at radius 3 is 3.00 bits per heavy atom. The zero-order chi connectivity index (χ0) is 17.1. The lowest BCUT2D eigenvalue weighted by atomic mass is 10.1. The lowest BCUT2D eigenvalue weighted by Crippen LogP contribution is -2.41. The number of nitrogens with one attached hydrogen (secondary N) is 1. The van der Waals surface area contributed by atoms with E-state index in [2.05, 4.69) is 10.1 Å². The molecule has 0 spiro atoms. The quantitative estimate of drug-likeness (QED) is 0.914. The third kappa shape index (κ3) is 3.56. The molecule has 24 heavy (non-hydrogen) atoms. The number of aromatic amines is 1. The van der Waals surface area contributed by atoms with Gasteiger partial charge in [-0.1, -0.05) is 0 Å². The van der Waals surface area contributed by atoms with Crippen molar-refractivity contribution in [2.24, 2.45) is 0 Å². The smallest absolute Gasteiger partial charge is 0.261 e. The summed E-state index contributed by atoms with van der Waals surface area (Å²) in [6, 6.07) is 3.68. The first-order chi connectivity index (χ1) is 11.5. The molecule has 1 N–H and O–H groups in total. The summed E-state index contributed by atoms with van der Waals surface area (Å²) < 4.78 is 7.63. The summed E-state index contributed by atoms with van der Waals surface area (Å²) in [7, 11) is 0. The van der Waals surface area contributed by atoms with Gasteiger partial charge >= 0.3 is 0 Å². The molecule has 1 unspecified atom stereocenters. The first-order valence-corrected chi connectivity index (χ1v) is 8.13. The van der Waals surface area contributed by atoms with E-state index in [9.17, 15) is 9.59 Å². The molecule has 128 valence electrons. The van der Waals surface area contributed by atoms with Crippen molar-refractivity contribution in [3.8, 4) is 0 Å². The molecule has 0 radical (unpaired) electrons.